The number of carboxylic acids is 1. The number of carbonyl (C=O) groups is 2. The summed E-state index contributed by atoms with van der Waals surface area (Å²) < 4.78 is 23.1. The van der Waals surface area contributed by atoms with Gasteiger partial charge in [-0.2, -0.15) is 0 Å². The summed E-state index contributed by atoms with van der Waals surface area (Å²) in [5, 5.41) is 21.9. The maximum Gasteiger partial charge on any atom is 0.409 e. The predicted octanol–water partition coefficient (Wildman–Crippen LogP) is 2.44. The Morgan fingerprint density at radius 3 is 2.75 bits per heavy atom. The van der Waals surface area contributed by atoms with Crippen LogP contribution in [0.2, 0.25) is 0 Å². The van der Waals surface area contributed by atoms with Crippen LogP contribution in [-0.2, 0) is 9.53 Å². The second-order valence-electron chi connectivity index (χ2n) is 4.71. The lowest BCUT2D eigenvalue weighted by atomic mass is 10.3. The molecular weight excluding hydrogens is 327 g/mol. The Labute approximate surface area is 136 Å². The molecule has 0 aliphatic heterocycles. The maximum absolute atomic E-state index is 13.1. The molecule has 0 saturated heterocycles. The van der Waals surface area contributed by atoms with Gasteiger partial charge in [0.2, 0.25) is 0 Å². The lowest BCUT2D eigenvalue weighted by molar-refractivity contribution is -0.386. The van der Waals surface area contributed by atoms with Crippen LogP contribution in [0.1, 0.15) is 26.2 Å². The number of amides is 1. The SMILES string of the molecule is CCCCOC(=O)NC(CC(=O)O)Oc1ccc(F)cc1[N+](=O)[O-]. The Morgan fingerprint density at radius 2 is 2.17 bits per heavy atom. The van der Waals surface area contributed by atoms with Crippen LogP contribution in [0.4, 0.5) is 14.9 Å². The van der Waals surface area contributed by atoms with Crippen LogP contribution in [0.3, 0.4) is 0 Å². The lowest BCUT2D eigenvalue weighted by Crippen LogP contribution is -2.41. The Balaban J connectivity index is 2.84. The van der Waals surface area contributed by atoms with Crippen molar-refractivity contribution in [1.82, 2.24) is 5.32 Å². The largest absolute Gasteiger partial charge is 0.481 e. The van der Waals surface area contributed by atoms with E-state index in [1.807, 2.05) is 6.92 Å². The fourth-order valence-corrected chi connectivity index (χ4v) is 1.65. The number of carbonyl (C=O) groups excluding carboxylic acids is 1. The summed E-state index contributed by atoms with van der Waals surface area (Å²) >= 11 is 0. The van der Waals surface area contributed by atoms with Crippen LogP contribution in [0.15, 0.2) is 18.2 Å². The molecule has 1 aromatic carbocycles. The zero-order valence-corrected chi connectivity index (χ0v) is 12.9. The molecule has 2 N–H and O–H groups in total. The third-order valence-corrected chi connectivity index (χ3v) is 2.76. The first-order valence-electron chi connectivity index (χ1n) is 7.09. The molecule has 1 rings (SSSR count). The number of aliphatic carboxylic acids is 1. The van der Waals surface area contributed by atoms with Crippen molar-refractivity contribution in [3.8, 4) is 5.75 Å². The van der Waals surface area contributed by atoms with Crippen molar-refractivity contribution >= 4 is 17.7 Å². The smallest absolute Gasteiger partial charge is 0.409 e. The predicted molar refractivity (Wildman–Crippen MR) is 79.1 cm³/mol. The van der Waals surface area contributed by atoms with Crippen molar-refractivity contribution in [2.45, 2.75) is 32.4 Å². The summed E-state index contributed by atoms with van der Waals surface area (Å²) in [5.41, 5.74) is -0.688. The zero-order chi connectivity index (χ0) is 18.1. The van der Waals surface area contributed by atoms with Crippen LogP contribution < -0.4 is 10.1 Å². The molecule has 1 atom stereocenters. The minimum atomic E-state index is -1.42. The molecule has 0 spiro atoms. The molecule has 132 valence electrons. The molecule has 1 aromatic rings. The number of carboxylic acid groups (broad SMARTS) is 1. The molecule has 0 aromatic heterocycles. The van der Waals surface area contributed by atoms with Gasteiger partial charge in [-0.3, -0.25) is 20.2 Å². The quantitative estimate of drug-likeness (QED) is 0.305. The highest BCUT2D eigenvalue weighted by Crippen LogP contribution is 2.28. The van der Waals surface area contributed by atoms with Crippen LogP contribution in [-0.4, -0.2) is 34.9 Å². The summed E-state index contributed by atoms with van der Waals surface area (Å²) in [7, 11) is 0. The van der Waals surface area contributed by atoms with E-state index in [1.165, 1.54) is 0 Å². The number of ether oxygens (including phenoxy) is 2. The number of rotatable bonds is 9. The highest BCUT2D eigenvalue weighted by molar-refractivity contribution is 5.71. The topological polar surface area (TPSA) is 128 Å². The van der Waals surface area contributed by atoms with Crippen LogP contribution >= 0.6 is 0 Å². The highest BCUT2D eigenvalue weighted by atomic mass is 19.1. The number of nitrogens with zero attached hydrogens (tertiary/aromatic N) is 1. The minimum absolute atomic E-state index is 0.138. The summed E-state index contributed by atoms with van der Waals surface area (Å²) in [6, 6.07) is 2.53. The van der Waals surface area contributed by atoms with Crippen LogP contribution in [0, 0.1) is 15.9 Å². The molecule has 0 aliphatic carbocycles. The number of benzene rings is 1. The molecule has 1 amide bonds. The molecule has 0 bridgehead atoms. The van der Waals surface area contributed by atoms with Gasteiger partial charge in [-0.15, -0.1) is 0 Å². The molecule has 24 heavy (non-hydrogen) atoms. The van der Waals surface area contributed by atoms with Crippen LogP contribution in [0.5, 0.6) is 5.75 Å². The van der Waals surface area contributed by atoms with Crippen LogP contribution in [0.25, 0.3) is 0 Å². The van der Waals surface area contributed by atoms with Gasteiger partial charge in [0.15, 0.2) is 12.0 Å². The number of nitro groups is 1. The monoisotopic (exact) mass is 344 g/mol. The van der Waals surface area contributed by atoms with Crippen molar-refractivity contribution in [2.24, 2.45) is 0 Å². The minimum Gasteiger partial charge on any atom is -0.481 e. The van der Waals surface area contributed by atoms with Crippen molar-refractivity contribution < 1.29 is 33.5 Å². The summed E-state index contributed by atoms with van der Waals surface area (Å²) in [5.74, 6) is -2.53. The summed E-state index contributed by atoms with van der Waals surface area (Å²) in [4.78, 5) is 32.4. The number of hydrogen-bond acceptors (Lipinski definition) is 6. The van der Waals surface area contributed by atoms with Gasteiger partial charge in [-0.05, 0) is 18.6 Å². The molecule has 10 heteroatoms. The van der Waals surface area contributed by atoms with E-state index in [-0.39, 0.29) is 12.4 Å². The van der Waals surface area contributed by atoms with E-state index in [0.717, 1.165) is 18.6 Å². The van der Waals surface area contributed by atoms with Gasteiger partial charge >= 0.3 is 17.7 Å². The molecular formula is C14H17FN2O7. The first-order valence-corrected chi connectivity index (χ1v) is 7.09. The maximum atomic E-state index is 13.1. The van der Waals surface area contributed by atoms with E-state index in [2.05, 4.69) is 5.32 Å². The lowest BCUT2D eigenvalue weighted by Gasteiger charge is -2.18. The van der Waals surface area contributed by atoms with Gasteiger partial charge in [-0.1, -0.05) is 13.3 Å². The first-order chi connectivity index (χ1) is 11.3. The molecule has 0 fully saturated rings. The third kappa shape index (κ3) is 6.46. The standard InChI is InChI=1S/C14H17FN2O7/c1-2-3-6-23-14(20)16-12(8-13(18)19)24-11-5-4-9(15)7-10(11)17(21)22/h4-5,7,12H,2-3,6,8H2,1H3,(H,16,20)(H,18,19). The molecule has 0 saturated carbocycles. The number of hydrogen-bond donors (Lipinski definition) is 2. The third-order valence-electron chi connectivity index (χ3n) is 2.76. The van der Waals surface area contributed by atoms with Gasteiger partial charge in [0.25, 0.3) is 0 Å². The number of nitro benzene ring substituents is 1. The average Bonchev–Trinajstić information content (AvgIpc) is 2.48. The Bertz CT molecular complexity index is 609. The Hall–Kier alpha value is -2.91. The number of halogens is 1. The summed E-state index contributed by atoms with van der Waals surface area (Å²) in [6.45, 7) is 2.03. The fourth-order valence-electron chi connectivity index (χ4n) is 1.65. The summed E-state index contributed by atoms with van der Waals surface area (Å²) in [6.07, 6.45) is -1.58. The normalized spacial score (nSPS) is 11.4. The van der Waals surface area contributed by atoms with Gasteiger partial charge in [-0.25, -0.2) is 9.18 Å². The van der Waals surface area contributed by atoms with Gasteiger partial charge in [0, 0.05) is 0 Å². The highest BCUT2D eigenvalue weighted by Gasteiger charge is 2.23. The van der Waals surface area contributed by atoms with Gasteiger partial charge in [0.05, 0.1) is 17.6 Å². The number of unbranched alkanes of at least 4 members (excludes halogenated alkanes) is 1. The molecule has 9 nitrogen and oxygen atoms in total. The van der Waals surface area contributed by atoms with Crippen molar-refractivity contribution in [1.29, 1.82) is 0 Å². The van der Waals surface area contributed by atoms with Crippen molar-refractivity contribution in [2.75, 3.05) is 6.61 Å². The first kappa shape index (κ1) is 19.1. The van der Waals surface area contributed by atoms with Gasteiger partial charge in [0.1, 0.15) is 12.2 Å². The molecule has 0 heterocycles. The second kappa shape index (κ2) is 9.28. The number of nitrogens with one attached hydrogen (secondary N) is 1. The van der Waals surface area contributed by atoms with Crippen molar-refractivity contribution in [3.63, 3.8) is 0 Å². The van der Waals surface area contributed by atoms with Gasteiger partial charge < -0.3 is 14.6 Å². The fraction of sp³-hybridized carbons (Fsp3) is 0.429. The van der Waals surface area contributed by atoms with Crippen molar-refractivity contribution in [3.05, 3.63) is 34.1 Å². The van der Waals surface area contributed by atoms with E-state index < -0.39 is 41.1 Å². The van der Waals surface area contributed by atoms with E-state index in [0.29, 0.717) is 12.5 Å². The van der Waals surface area contributed by atoms with E-state index in [4.69, 9.17) is 14.6 Å². The number of alkyl carbamates (subject to hydrolysis) is 1. The molecule has 1 unspecified atom stereocenters. The Morgan fingerprint density at radius 1 is 1.46 bits per heavy atom. The van der Waals surface area contributed by atoms with E-state index >= 15 is 0 Å². The molecule has 0 radical (unpaired) electrons. The second-order valence-corrected chi connectivity index (χ2v) is 4.71. The average molecular weight is 344 g/mol. The zero-order valence-electron chi connectivity index (χ0n) is 12.9. The van der Waals surface area contributed by atoms with E-state index in [9.17, 15) is 24.1 Å². The molecule has 0 aliphatic rings. The van der Waals surface area contributed by atoms with E-state index in [1.54, 1.807) is 0 Å². The Kier molecular flexibility index (Phi) is 7.40.